The largest absolute Gasteiger partial charge is 0.490 e. The van der Waals surface area contributed by atoms with Gasteiger partial charge < -0.3 is 10.5 Å². The molecule has 1 saturated heterocycles. The summed E-state index contributed by atoms with van der Waals surface area (Å²) >= 11 is 1.96. The minimum Gasteiger partial charge on any atom is -0.490 e. The molecule has 0 aliphatic carbocycles. The Morgan fingerprint density at radius 2 is 2.44 bits per heavy atom. The molecule has 2 nitrogen and oxygen atoms in total. The molecule has 0 spiro atoms. The van der Waals surface area contributed by atoms with Crippen molar-refractivity contribution in [3.05, 3.63) is 35.9 Å². The second-order valence-corrected chi connectivity index (χ2v) is 4.96. The summed E-state index contributed by atoms with van der Waals surface area (Å²) in [5, 5.41) is 0. The molecule has 1 aliphatic heterocycles. The van der Waals surface area contributed by atoms with Crippen LogP contribution in [0.2, 0.25) is 0 Å². The smallest absolute Gasteiger partial charge is 0.120 e. The quantitative estimate of drug-likeness (QED) is 0.871. The van der Waals surface area contributed by atoms with Gasteiger partial charge in [-0.2, -0.15) is 11.8 Å². The highest BCUT2D eigenvalue weighted by atomic mass is 32.2. The highest BCUT2D eigenvalue weighted by Gasteiger charge is 2.16. The highest BCUT2D eigenvalue weighted by Crippen LogP contribution is 2.23. The van der Waals surface area contributed by atoms with Crippen LogP contribution < -0.4 is 10.5 Å². The zero-order valence-corrected chi connectivity index (χ0v) is 10.1. The number of nitrogens with two attached hydrogens (primary N) is 1. The summed E-state index contributed by atoms with van der Waals surface area (Å²) in [4.78, 5) is 0. The lowest BCUT2D eigenvalue weighted by atomic mass is 10.2. The molecule has 2 N–H and O–H groups in total. The third-order valence-corrected chi connectivity index (χ3v) is 3.63. The first kappa shape index (κ1) is 11.6. The molecule has 1 fully saturated rings. The molecule has 0 saturated carbocycles. The number of thioether (sulfide) groups is 1. The topological polar surface area (TPSA) is 35.2 Å². The summed E-state index contributed by atoms with van der Waals surface area (Å²) < 4.78 is 5.91. The van der Waals surface area contributed by atoms with Crippen LogP contribution >= 0.6 is 11.8 Å². The summed E-state index contributed by atoms with van der Waals surface area (Å²) in [6, 6.07) is 8.16. The Labute approximate surface area is 101 Å². The van der Waals surface area contributed by atoms with Gasteiger partial charge in [0, 0.05) is 12.3 Å². The molecule has 0 aromatic heterocycles. The van der Waals surface area contributed by atoms with E-state index in [1.54, 1.807) is 0 Å². The van der Waals surface area contributed by atoms with Gasteiger partial charge in [-0.25, -0.2) is 0 Å². The van der Waals surface area contributed by atoms with E-state index in [-0.39, 0.29) is 0 Å². The van der Waals surface area contributed by atoms with E-state index in [9.17, 15) is 0 Å². The van der Waals surface area contributed by atoms with Gasteiger partial charge in [0.1, 0.15) is 11.9 Å². The monoisotopic (exact) mass is 235 g/mol. The first-order valence-electron chi connectivity index (χ1n) is 5.59. The zero-order chi connectivity index (χ0) is 11.2. The molecular formula is C13H17NOS. The van der Waals surface area contributed by atoms with Gasteiger partial charge in [-0.1, -0.05) is 24.3 Å². The Kier molecular flexibility index (Phi) is 4.31. The van der Waals surface area contributed by atoms with E-state index in [1.165, 1.54) is 5.75 Å². The van der Waals surface area contributed by atoms with Crippen LogP contribution in [0.15, 0.2) is 30.3 Å². The van der Waals surface area contributed by atoms with Crippen LogP contribution in [0.25, 0.3) is 6.08 Å². The molecule has 1 heterocycles. The predicted octanol–water partition coefficient (Wildman–Crippen LogP) is 2.54. The Morgan fingerprint density at radius 1 is 1.50 bits per heavy atom. The average Bonchev–Trinajstić information content (AvgIpc) is 2.80. The van der Waals surface area contributed by atoms with Crippen molar-refractivity contribution in [2.24, 2.45) is 5.73 Å². The van der Waals surface area contributed by atoms with Gasteiger partial charge in [0.05, 0.1) is 0 Å². The maximum atomic E-state index is 5.91. The maximum absolute atomic E-state index is 5.91. The summed E-state index contributed by atoms with van der Waals surface area (Å²) in [7, 11) is 0. The fourth-order valence-electron chi connectivity index (χ4n) is 1.69. The van der Waals surface area contributed by atoms with Crippen LogP contribution in [0.5, 0.6) is 5.75 Å². The van der Waals surface area contributed by atoms with Crippen LogP contribution in [0, 0.1) is 0 Å². The Bertz CT molecular complexity index is 359. The van der Waals surface area contributed by atoms with Crippen LogP contribution in [0.3, 0.4) is 0 Å². The lowest BCUT2D eigenvalue weighted by Gasteiger charge is -2.12. The van der Waals surface area contributed by atoms with Crippen molar-refractivity contribution in [2.75, 3.05) is 18.1 Å². The number of hydrogen-bond acceptors (Lipinski definition) is 3. The maximum Gasteiger partial charge on any atom is 0.120 e. The first-order chi connectivity index (χ1) is 7.88. The number of hydrogen-bond donors (Lipinski definition) is 1. The van der Waals surface area contributed by atoms with E-state index < -0.39 is 0 Å². The molecule has 3 heteroatoms. The first-order valence-corrected chi connectivity index (χ1v) is 6.75. The SMILES string of the molecule is NC/C=C/c1cccc(OC2CCSC2)c1. The minimum atomic E-state index is 0.388. The Balaban J connectivity index is 2.00. The van der Waals surface area contributed by atoms with Crippen LogP contribution in [-0.4, -0.2) is 24.2 Å². The van der Waals surface area contributed by atoms with E-state index in [0.29, 0.717) is 12.6 Å². The van der Waals surface area contributed by atoms with Crippen molar-refractivity contribution in [2.45, 2.75) is 12.5 Å². The molecule has 2 rings (SSSR count). The fourth-order valence-corrected chi connectivity index (χ4v) is 2.79. The molecule has 1 unspecified atom stereocenters. The summed E-state index contributed by atoms with van der Waals surface area (Å²) in [5.74, 6) is 3.30. The predicted molar refractivity (Wildman–Crippen MR) is 70.9 cm³/mol. The van der Waals surface area contributed by atoms with E-state index in [0.717, 1.165) is 23.5 Å². The number of benzene rings is 1. The van der Waals surface area contributed by atoms with Gasteiger partial charge in [0.25, 0.3) is 0 Å². The van der Waals surface area contributed by atoms with Gasteiger partial charge in [-0.3, -0.25) is 0 Å². The highest BCUT2D eigenvalue weighted by molar-refractivity contribution is 7.99. The summed E-state index contributed by atoms with van der Waals surface area (Å²) in [6.07, 6.45) is 5.52. The fraction of sp³-hybridized carbons (Fsp3) is 0.385. The van der Waals surface area contributed by atoms with Crippen molar-refractivity contribution >= 4 is 17.8 Å². The summed E-state index contributed by atoms with van der Waals surface area (Å²) in [6.45, 7) is 0.574. The van der Waals surface area contributed by atoms with Crippen molar-refractivity contribution < 1.29 is 4.74 Å². The van der Waals surface area contributed by atoms with Crippen LogP contribution in [-0.2, 0) is 0 Å². The molecule has 0 bridgehead atoms. The Hall–Kier alpha value is -0.930. The second-order valence-electron chi connectivity index (χ2n) is 3.81. The molecular weight excluding hydrogens is 218 g/mol. The third kappa shape index (κ3) is 3.29. The van der Waals surface area contributed by atoms with E-state index >= 15 is 0 Å². The van der Waals surface area contributed by atoms with Crippen molar-refractivity contribution in [1.82, 2.24) is 0 Å². The second kappa shape index (κ2) is 5.97. The molecule has 1 aromatic carbocycles. The van der Waals surface area contributed by atoms with E-state index in [2.05, 4.69) is 12.1 Å². The molecule has 0 radical (unpaired) electrons. The molecule has 1 aromatic rings. The normalized spacial score (nSPS) is 20.4. The van der Waals surface area contributed by atoms with E-state index in [4.69, 9.17) is 10.5 Å². The lowest BCUT2D eigenvalue weighted by molar-refractivity contribution is 0.229. The number of rotatable bonds is 4. The Morgan fingerprint density at radius 3 is 3.19 bits per heavy atom. The van der Waals surface area contributed by atoms with Crippen molar-refractivity contribution in [1.29, 1.82) is 0 Å². The third-order valence-electron chi connectivity index (χ3n) is 2.50. The number of ether oxygens (including phenoxy) is 1. The average molecular weight is 235 g/mol. The van der Waals surface area contributed by atoms with Crippen molar-refractivity contribution in [3.63, 3.8) is 0 Å². The molecule has 86 valence electrons. The summed E-state index contributed by atoms with van der Waals surface area (Å²) in [5.41, 5.74) is 6.57. The minimum absolute atomic E-state index is 0.388. The zero-order valence-electron chi connectivity index (χ0n) is 9.26. The van der Waals surface area contributed by atoms with Crippen LogP contribution in [0.1, 0.15) is 12.0 Å². The molecule has 0 amide bonds. The van der Waals surface area contributed by atoms with Gasteiger partial charge in [-0.15, -0.1) is 0 Å². The molecule has 16 heavy (non-hydrogen) atoms. The molecule has 1 aliphatic rings. The van der Waals surface area contributed by atoms with Crippen molar-refractivity contribution in [3.8, 4) is 5.75 Å². The van der Waals surface area contributed by atoms with E-state index in [1.807, 2.05) is 36.0 Å². The van der Waals surface area contributed by atoms with Gasteiger partial charge in [-0.05, 0) is 29.9 Å². The van der Waals surface area contributed by atoms with Gasteiger partial charge in [0.15, 0.2) is 0 Å². The lowest BCUT2D eigenvalue weighted by Crippen LogP contribution is -2.14. The van der Waals surface area contributed by atoms with Gasteiger partial charge >= 0.3 is 0 Å². The molecule has 1 atom stereocenters. The van der Waals surface area contributed by atoms with Crippen LogP contribution in [0.4, 0.5) is 0 Å². The standard InChI is InChI=1S/C13H17NOS/c14-7-2-4-11-3-1-5-12(9-11)15-13-6-8-16-10-13/h1-5,9,13H,6-8,10,14H2/b4-2+. The van der Waals surface area contributed by atoms with Gasteiger partial charge in [0.2, 0.25) is 0 Å².